The quantitative estimate of drug-likeness (QED) is 0.684. The molecular formula is C10H11N3O2. The standard InChI is InChI=1S/C10H11N3O2/c11-9(14)6-1-2-7-4-13(10(12)15)5-8(7)3-6/h1-3H,4-5H2,(H2,11,14)(H2,12,15). The van der Waals surface area contributed by atoms with E-state index >= 15 is 0 Å². The minimum atomic E-state index is -0.463. The van der Waals surface area contributed by atoms with Crippen LogP contribution in [0.4, 0.5) is 4.79 Å². The summed E-state index contributed by atoms with van der Waals surface area (Å²) in [5.74, 6) is -0.463. The van der Waals surface area contributed by atoms with E-state index in [1.807, 2.05) is 0 Å². The van der Waals surface area contributed by atoms with Crippen LogP contribution >= 0.6 is 0 Å². The van der Waals surface area contributed by atoms with Gasteiger partial charge in [0.2, 0.25) is 5.91 Å². The molecule has 0 spiro atoms. The Balaban J connectivity index is 2.31. The SMILES string of the molecule is NC(=O)c1ccc2c(c1)CN(C(N)=O)C2. The van der Waals surface area contributed by atoms with Gasteiger partial charge in [-0.1, -0.05) is 6.07 Å². The molecule has 0 unspecified atom stereocenters. The minimum absolute atomic E-state index is 0.450. The summed E-state index contributed by atoms with van der Waals surface area (Å²) in [6.07, 6.45) is 0. The Morgan fingerprint density at radius 1 is 1.13 bits per heavy atom. The Morgan fingerprint density at radius 2 is 1.80 bits per heavy atom. The van der Waals surface area contributed by atoms with Gasteiger partial charge in [0.15, 0.2) is 0 Å². The van der Waals surface area contributed by atoms with E-state index in [-0.39, 0.29) is 0 Å². The van der Waals surface area contributed by atoms with E-state index in [9.17, 15) is 9.59 Å². The van der Waals surface area contributed by atoms with E-state index in [2.05, 4.69) is 0 Å². The van der Waals surface area contributed by atoms with Crippen molar-refractivity contribution in [1.82, 2.24) is 4.90 Å². The first-order valence-electron chi connectivity index (χ1n) is 4.54. The van der Waals surface area contributed by atoms with Crippen LogP contribution in [-0.2, 0) is 13.1 Å². The zero-order valence-electron chi connectivity index (χ0n) is 8.06. The van der Waals surface area contributed by atoms with Crippen molar-refractivity contribution in [3.8, 4) is 0 Å². The van der Waals surface area contributed by atoms with E-state index in [0.717, 1.165) is 11.1 Å². The molecule has 78 valence electrons. The van der Waals surface area contributed by atoms with Crippen molar-refractivity contribution >= 4 is 11.9 Å². The minimum Gasteiger partial charge on any atom is -0.366 e. The largest absolute Gasteiger partial charge is 0.366 e. The average Bonchev–Trinajstić information content (AvgIpc) is 2.59. The zero-order valence-corrected chi connectivity index (χ0v) is 8.06. The highest BCUT2D eigenvalue weighted by atomic mass is 16.2. The fourth-order valence-corrected chi connectivity index (χ4v) is 1.70. The fraction of sp³-hybridized carbons (Fsp3) is 0.200. The van der Waals surface area contributed by atoms with Crippen molar-refractivity contribution in [2.75, 3.05) is 0 Å². The summed E-state index contributed by atoms with van der Waals surface area (Å²) in [5.41, 5.74) is 12.7. The number of hydrogen-bond donors (Lipinski definition) is 2. The number of carbonyl (C=O) groups is 2. The lowest BCUT2D eigenvalue weighted by atomic mass is 10.1. The van der Waals surface area contributed by atoms with Crippen molar-refractivity contribution < 1.29 is 9.59 Å². The van der Waals surface area contributed by atoms with Gasteiger partial charge in [0.05, 0.1) is 0 Å². The average molecular weight is 205 g/mol. The Hall–Kier alpha value is -2.04. The molecule has 0 saturated carbocycles. The van der Waals surface area contributed by atoms with Gasteiger partial charge in [-0.05, 0) is 23.3 Å². The van der Waals surface area contributed by atoms with Crippen LogP contribution in [-0.4, -0.2) is 16.8 Å². The first kappa shape index (κ1) is 9.51. The molecule has 1 aromatic carbocycles. The van der Waals surface area contributed by atoms with Gasteiger partial charge in [-0.3, -0.25) is 4.79 Å². The second-order valence-electron chi connectivity index (χ2n) is 3.54. The summed E-state index contributed by atoms with van der Waals surface area (Å²) in [4.78, 5) is 23.4. The highest BCUT2D eigenvalue weighted by Crippen LogP contribution is 2.23. The Labute approximate surface area is 86.6 Å². The molecule has 0 atom stereocenters. The maximum Gasteiger partial charge on any atom is 0.315 e. The van der Waals surface area contributed by atoms with Crippen molar-refractivity contribution in [1.29, 1.82) is 0 Å². The first-order chi connectivity index (χ1) is 7.08. The molecule has 5 nitrogen and oxygen atoms in total. The lowest BCUT2D eigenvalue weighted by Crippen LogP contribution is -2.30. The fourth-order valence-electron chi connectivity index (χ4n) is 1.70. The van der Waals surface area contributed by atoms with E-state index in [1.54, 1.807) is 18.2 Å². The summed E-state index contributed by atoms with van der Waals surface area (Å²) in [6.45, 7) is 0.954. The number of urea groups is 1. The van der Waals surface area contributed by atoms with Crippen LogP contribution < -0.4 is 11.5 Å². The topological polar surface area (TPSA) is 89.4 Å². The van der Waals surface area contributed by atoms with Gasteiger partial charge in [0, 0.05) is 18.7 Å². The van der Waals surface area contributed by atoms with Crippen molar-refractivity contribution in [2.45, 2.75) is 13.1 Å². The van der Waals surface area contributed by atoms with Gasteiger partial charge in [0.1, 0.15) is 0 Å². The number of rotatable bonds is 1. The van der Waals surface area contributed by atoms with Gasteiger partial charge in [-0.25, -0.2) is 4.79 Å². The third-order valence-electron chi connectivity index (χ3n) is 2.52. The van der Waals surface area contributed by atoms with Gasteiger partial charge in [-0.15, -0.1) is 0 Å². The smallest absolute Gasteiger partial charge is 0.315 e. The molecule has 4 N–H and O–H groups in total. The Morgan fingerprint density at radius 3 is 2.40 bits per heavy atom. The number of fused-ring (bicyclic) bond motifs is 1. The summed E-state index contributed by atoms with van der Waals surface area (Å²) in [7, 11) is 0. The number of carbonyl (C=O) groups excluding carboxylic acids is 2. The summed E-state index contributed by atoms with van der Waals surface area (Å²) in [5, 5.41) is 0. The molecule has 3 amide bonds. The highest BCUT2D eigenvalue weighted by Gasteiger charge is 2.21. The van der Waals surface area contributed by atoms with Crippen LogP contribution in [0.15, 0.2) is 18.2 Å². The van der Waals surface area contributed by atoms with E-state index in [1.165, 1.54) is 4.90 Å². The predicted octanol–water partition coefficient (Wildman–Crippen LogP) is 0.180. The van der Waals surface area contributed by atoms with E-state index in [4.69, 9.17) is 11.5 Å². The van der Waals surface area contributed by atoms with Crippen LogP contribution in [0.2, 0.25) is 0 Å². The molecule has 1 heterocycles. The van der Waals surface area contributed by atoms with Crippen molar-refractivity contribution in [3.05, 3.63) is 34.9 Å². The van der Waals surface area contributed by atoms with Crippen LogP contribution in [0, 0.1) is 0 Å². The van der Waals surface area contributed by atoms with Crippen LogP contribution in [0.1, 0.15) is 21.5 Å². The monoisotopic (exact) mass is 205 g/mol. The lowest BCUT2D eigenvalue weighted by molar-refractivity contribution is 0.1000. The maximum atomic E-state index is 10.9. The van der Waals surface area contributed by atoms with Crippen molar-refractivity contribution in [2.24, 2.45) is 11.5 Å². The second kappa shape index (κ2) is 3.27. The van der Waals surface area contributed by atoms with Gasteiger partial charge in [0.25, 0.3) is 0 Å². The lowest BCUT2D eigenvalue weighted by Gasteiger charge is -2.10. The molecule has 0 bridgehead atoms. The summed E-state index contributed by atoms with van der Waals surface area (Å²) >= 11 is 0. The first-order valence-corrected chi connectivity index (χ1v) is 4.54. The van der Waals surface area contributed by atoms with Gasteiger partial charge < -0.3 is 16.4 Å². The number of amides is 3. The van der Waals surface area contributed by atoms with Gasteiger partial charge >= 0.3 is 6.03 Å². The molecule has 1 aliphatic heterocycles. The Bertz CT molecular complexity index is 442. The zero-order chi connectivity index (χ0) is 11.0. The third kappa shape index (κ3) is 1.63. The highest BCUT2D eigenvalue weighted by molar-refractivity contribution is 5.93. The number of hydrogen-bond acceptors (Lipinski definition) is 2. The number of benzene rings is 1. The van der Waals surface area contributed by atoms with E-state index < -0.39 is 11.9 Å². The molecule has 1 aromatic rings. The molecule has 5 heteroatoms. The summed E-state index contributed by atoms with van der Waals surface area (Å²) < 4.78 is 0. The third-order valence-corrected chi connectivity index (χ3v) is 2.52. The Kier molecular flexibility index (Phi) is 2.07. The molecule has 0 fully saturated rings. The normalized spacial score (nSPS) is 13.7. The molecule has 0 radical (unpaired) electrons. The van der Waals surface area contributed by atoms with Crippen molar-refractivity contribution in [3.63, 3.8) is 0 Å². The molecular weight excluding hydrogens is 194 g/mol. The molecule has 2 rings (SSSR count). The van der Waals surface area contributed by atoms with Crippen LogP contribution in [0.3, 0.4) is 0 Å². The van der Waals surface area contributed by atoms with Gasteiger partial charge in [-0.2, -0.15) is 0 Å². The van der Waals surface area contributed by atoms with Crippen LogP contribution in [0.5, 0.6) is 0 Å². The maximum absolute atomic E-state index is 10.9. The molecule has 1 aliphatic rings. The number of nitrogens with zero attached hydrogens (tertiary/aromatic N) is 1. The molecule has 15 heavy (non-hydrogen) atoms. The van der Waals surface area contributed by atoms with E-state index in [0.29, 0.717) is 18.7 Å². The molecule has 0 aromatic heterocycles. The summed E-state index contributed by atoms with van der Waals surface area (Å²) in [6, 6.07) is 4.72. The number of primary amides is 2. The second-order valence-corrected chi connectivity index (χ2v) is 3.54. The molecule has 0 saturated heterocycles. The predicted molar refractivity (Wildman–Crippen MR) is 53.8 cm³/mol. The number of nitrogens with two attached hydrogens (primary N) is 2. The molecule has 0 aliphatic carbocycles. The van der Waals surface area contributed by atoms with Crippen LogP contribution in [0.25, 0.3) is 0 Å².